The largest absolute Gasteiger partial charge is 0.497 e. The van der Waals surface area contributed by atoms with Gasteiger partial charge < -0.3 is 19.5 Å². The number of hydrogen-bond donors (Lipinski definition) is 1. The van der Waals surface area contributed by atoms with E-state index in [1.807, 2.05) is 54.6 Å². The number of ether oxygens (including phenoxy) is 2. The number of carbonyl (C=O) groups is 1. The van der Waals surface area contributed by atoms with Crippen molar-refractivity contribution >= 4 is 21.7 Å². The number of benzene rings is 3. The van der Waals surface area contributed by atoms with Gasteiger partial charge in [0.25, 0.3) is 0 Å². The van der Waals surface area contributed by atoms with Crippen molar-refractivity contribution in [3.8, 4) is 11.5 Å². The molecule has 0 spiro atoms. The van der Waals surface area contributed by atoms with Crippen molar-refractivity contribution in [2.24, 2.45) is 0 Å². The highest BCUT2D eigenvalue weighted by atomic mass is 32.2. The van der Waals surface area contributed by atoms with Crippen LogP contribution in [0.3, 0.4) is 0 Å². The number of unbranched alkanes of at least 4 members (excludes halogenated alkanes) is 2. The molecule has 0 aromatic heterocycles. The number of hydrogen-bond acceptors (Lipinski definition) is 6. The van der Waals surface area contributed by atoms with Gasteiger partial charge in [-0.15, -0.1) is 0 Å². The third kappa shape index (κ3) is 7.56. The summed E-state index contributed by atoms with van der Waals surface area (Å²) in [4.78, 5) is 13.0. The molecule has 0 aliphatic carbocycles. The molecule has 248 valence electrons. The van der Waals surface area contributed by atoms with Gasteiger partial charge in [0.15, 0.2) is 5.75 Å². The lowest BCUT2D eigenvalue weighted by Gasteiger charge is -2.44. The SMILES string of the molecule is CCCCC1(CCCC)CC(c2ccccc2)c2cc(N(C)C)c(O/C=C(\F)C(=O)O)cc2S(=O)(=O)N1Cc1ccc(OC)cc1. The van der Waals surface area contributed by atoms with Gasteiger partial charge in [0, 0.05) is 38.2 Å². The zero-order valence-corrected chi connectivity index (χ0v) is 28.1. The first kappa shape index (κ1) is 35.0. The molecule has 0 radical (unpaired) electrons. The van der Waals surface area contributed by atoms with Crippen LogP contribution in [0.4, 0.5) is 10.1 Å². The molecule has 0 fully saturated rings. The van der Waals surface area contributed by atoms with Crippen LogP contribution < -0.4 is 14.4 Å². The normalized spacial score (nSPS) is 17.5. The fraction of sp³-hybridized carbons (Fsp3) is 0.417. The van der Waals surface area contributed by atoms with Crippen LogP contribution in [0.5, 0.6) is 11.5 Å². The molecule has 1 aliphatic heterocycles. The maximum atomic E-state index is 15.2. The first-order valence-electron chi connectivity index (χ1n) is 15.8. The van der Waals surface area contributed by atoms with Gasteiger partial charge >= 0.3 is 5.97 Å². The number of aliphatic carboxylic acids is 1. The van der Waals surface area contributed by atoms with Gasteiger partial charge in [0.1, 0.15) is 12.0 Å². The topological polar surface area (TPSA) is 96.4 Å². The van der Waals surface area contributed by atoms with E-state index in [4.69, 9.17) is 14.6 Å². The van der Waals surface area contributed by atoms with E-state index in [0.29, 0.717) is 42.5 Å². The van der Waals surface area contributed by atoms with E-state index in [-0.39, 0.29) is 23.1 Å². The van der Waals surface area contributed by atoms with Crippen molar-refractivity contribution in [2.45, 2.75) is 81.7 Å². The van der Waals surface area contributed by atoms with Gasteiger partial charge in [-0.3, -0.25) is 0 Å². The number of nitrogens with zero attached hydrogens (tertiary/aromatic N) is 2. The third-order valence-corrected chi connectivity index (χ3v) is 10.8. The van der Waals surface area contributed by atoms with E-state index in [1.54, 1.807) is 36.5 Å². The molecule has 1 heterocycles. The van der Waals surface area contributed by atoms with Crippen LogP contribution in [0.15, 0.2) is 83.7 Å². The summed E-state index contributed by atoms with van der Waals surface area (Å²) >= 11 is 0. The van der Waals surface area contributed by atoms with Crippen LogP contribution in [0, 0.1) is 0 Å². The summed E-state index contributed by atoms with van der Waals surface area (Å²) in [6.45, 7) is 4.39. The molecular weight excluding hydrogens is 607 g/mol. The Kier molecular flexibility index (Phi) is 11.5. The van der Waals surface area contributed by atoms with Crippen molar-refractivity contribution < 1.29 is 32.2 Å². The number of methoxy groups -OCH3 is 1. The van der Waals surface area contributed by atoms with E-state index in [1.165, 1.54) is 6.07 Å². The molecule has 8 nitrogen and oxygen atoms in total. The van der Waals surface area contributed by atoms with E-state index < -0.39 is 27.4 Å². The first-order valence-corrected chi connectivity index (χ1v) is 17.2. The molecule has 0 bridgehead atoms. The number of carboxylic acids is 1. The van der Waals surface area contributed by atoms with E-state index in [9.17, 15) is 9.18 Å². The molecule has 0 saturated carbocycles. The molecule has 0 amide bonds. The minimum absolute atomic E-state index is 0.0366. The molecule has 1 aliphatic rings. The Balaban J connectivity index is 2.05. The van der Waals surface area contributed by atoms with Gasteiger partial charge in [-0.1, -0.05) is 82.0 Å². The zero-order chi connectivity index (χ0) is 33.5. The maximum Gasteiger partial charge on any atom is 0.368 e. The monoisotopic (exact) mass is 652 g/mol. The van der Waals surface area contributed by atoms with Crippen molar-refractivity contribution in [3.63, 3.8) is 0 Å². The zero-order valence-electron chi connectivity index (χ0n) is 27.3. The van der Waals surface area contributed by atoms with Gasteiger partial charge in [-0.05, 0) is 54.2 Å². The lowest BCUT2D eigenvalue weighted by Crippen LogP contribution is -2.51. The Morgan fingerprint density at radius 2 is 1.67 bits per heavy atom. The molecule has 4 rings (SSSR count). The molecule has 3 aromatic carbocycles. The van der Waals surface area contributed by atoms with Crippen molar-refractivity contribution in [1.29, 1.82) is 0 Å². The molecular formula is C36H45FN2O6S. The summed E-state index contributed by atoms with van der Waals surface area (Å²) < 4.78 is 57.1. The molecule has 1 N–H and O–H groups in total. The first-order chi connectivity index (χ1) is 22.0. The number of rotatable bonds is 14. The number of fused-ring (bicyclic) bond motifs is 1. The summed E-state index contributed by atoms with van der Waals surface area (Å²) in [6, 6.07) is 20.6. The second-order valence-corrected chi connectivity index (χ2v) is 13.9. The van der Waals surface area contributed by atoms with E-state index >= 15 is 8.42 Å². The number of carboxylic acid groups (broad SMARTS) is 1. The van der Waals surface area contributed by atoms with E-state index in [0.717, 1.165) is 36.8 Å². The number of halogens is 1. The summed E-state index contributed by atoms with van der Waals surface area (Å²) in [6.07, 6.45) is 5.98. The van der Waals surface area contributed by atoms with Gasteiger partial charge in [0.2, 0.25) is 15.9 Å². The smallest absolute Gasteiger partial charge is 0.368 e. The van der Waals surface area contributed by atoms with Crippen molar-refractivity contribution in [3.05, 3.63) is 95.5 Å². The molecule has 10 heteroatoms. The van der Waals surface area contributed by atoms with Crippen LogP contribution in [0.25, 0.3) is 0 Å². The van der Waals surface area contributed by atoms with Crippen LogP contribution >= 0.6 is 0 Å². The molecule has 0 saturated heterocycles. The fourth-order valence-electron chi connectivity index (χ4n) is 6.36. The van der Waals surface area contributed by atoms with Crippen LogP contribution in [0.1, 0.15) is 81.4 Å². The van der Waals surface area contributed by atoms with Crippen LogP contribution in [-0.2, 0) is 21.4 Å². The average molecular weight is 653 g/mol. The second kappa shape index (κ2) is 15.1. The highest BCUT2D eigenvalue weighted by Gasteiger charge is 2.49. The third-order valence-electron chi connectivity index (χ3n) is 8.80. The summed E-state index contributed by atoms with van der Waals surface area (Å²) in [5, 5.41) is 9.07. The lowest BCUT2D eigenvalue weighted by atomic mass is 9.74. The minimum atomic E-state index is -4.19. The Hall–Kier alpha value is -3.89. The Morgan fingerprint density at radius 3 is 2.22 bits per heavy atom. The van der Waals surface area contributed by atoms with Crippen molar-refractivity contribution in [1.82, 2.24) is 4.31 Å². The van der Waals surface area contributed by atoms with Crippen LogP contribution in [0.2, 0.25) is 0 Å². The number of anilines is 1. The van der Waals surface area contributed by atoms with Gasteiger partial charge in [-0.2, -0.15) is 8.70 Å². The lowest BCUT2D eigenvalue weighted by molar-refractivity contribution is -0.134. The fourth-order valence-corrected chi connectivity index (χ4v) is 8.44. The predicted octanol–water partition coefficient (Wildman–Crippen LogP) is 7.88. The second-order valence-electron chi connectivity index (χ2n) is 12.1. The summed E-state index contributed by atoms with van der Waals surface area (Å²) in [5.41, 5.74) is 2.24. The van der Waals surface area contributed by atoms with Gasteiger partial charge in [-0.25, -0.2) is 13.2 Å². The summed E-state index contributed by atoms with van der Waals surface area (Å²) in [5.74, 6) is -2.84. The maximum absolute atomic E-state index is 15.2. The molecule has 1 unspecified atom stereocenters. The van der Waals surface area contributed by atoms with Crippen molar-refractivity contribution in [2.75, 3.05) is 26.1 Å². The quantitative estimate of drug-likeness (QED) is 0.140. The average Bonchev–Trinajstić information content (AvgIpc) is 3.13. The van der Waals surface area contributed by atoms with E-state index in [2.05, 4.69) is 13.8 Å². The number of sulfonamides is 1. The van der Waals surface area contributed by atoms with Crippen LogP contribution in [-0.4, -0.2) is 50.5 Å². The Bertz CT molecular complexity index is 1620. The Morgan fingerprint density at radius 1 is 1.04 bits per heavy atom. The summed E-state index contributed by atoms with van der Waals surface area (Å²) in [7, 11) is 0.953. The molecule has 46 heavy (non-hydrogen) atoms. The predicted molar refractivity (Wildman–Crippen MR) is 179 cm³/mol. The Labute approximate surface area is 272 Å². The molecule has 1 atom stereocenters. The standard InChI is InChI=1S/C36H45FN2O6S/c1-6-8-19-36(20-9-7-2)23-30(27-13-11-10-12-14-27)29-21-32(38(3)4)33(45-25-31(37)35(40)41)22-34(29)46(42,43)39(36)24-26-15-17-28(44-5)18-16-26/h10-18,21-22,25,30H,6-9,19-20,23-24H2,1-5H3,(H,40,41)/b31-25-. The highest BCUT2D eigenvalue weighted by Crippen LogP contribution is 2.51. The highest BCUT2D eigenvalue weighted by molar-refractivity contribution is 7.89. The molecule has 3 aromatic rings. The minimum Gasteiger partial charge on any atom is -0.497 e. The van der Waals surface area contributed by atoms with Gasteiger partial charge in [0.05, 0.1) is 17.7 Å².